The Labute approximate surface area is 170 Å². The zero-order chi connectivity index (χ0) is 20.9. The number of amides is 1. The SMILES string of the molecule is O=C(CCc1nnc2ccc(NCc3ccccc3)nn12)Nc1ccc(F)cc1F. The first-order chi connectivity index (χ1) is 14.6. The molecule has 0 spiro atoms. The van der Waals surface area contributed by atoms with Crippen LogP contribution in [0.15, 0.2) is 60.7 Å². The summed E-state index contributed by atoms with van der Waals surface area (Å²) in [4.78, 5) is 12.1. The number of halogens is 2. The monoisotopic (exact) mass is 408 g/mol. The summed E-state index contributed by atoms with van der Waals surface area (Å²) >= 11 is 0. The standard InChI is InChI=1S/C21H18F2N6O/c22-15-6-7-17(16(23)12-15)25-21(30)11-10-20-27-26-19-9-8-18(28-29(19)20)24-13-14-4-2-1-3-5-14/h1-9,12H,10-11,13H2,(H,24,28)(H,25,30). The summed E-state index contributed by atoms with van der Waals surface area (Å²) in [6.07, 6.45) is 0.298. The summed E-state index contributed by atoms with van der Waals surface area (Å²) in [5, 5.41) is 18.3. The molecular formula is C21H18F2N6O. The quantitative estimate of drug-likeness (QED) is 0.488. The van der Waals surface area contributed by atoms with Crippen molar-refractivity contribution < 1.29 is 13.6 Å². The summed E-state index contributed by atoms with van der Waals surface area (Å²) in [6.45, 7) is 0.614. The highest BCUT2D eigenvalue weighted by atomic mass is 19.1. The predicted octanol–water partition coefficient (Wildman–Crippen LogP) is 3.59. The average molecular weight is 408 g/mol. The summed E-state index contributed by atoms with van der Waals surface area (Å²) in [6, 6.07) is 16.5. The minimum atomic E-state index is -0.827. The van der Waals surface area contributed by atoms with E-state index in [2.05, 4.69) is 25.9 Å². The second kappa shape index (κ2) is 8.64. The molecule has 152 valence electrons. The van der Waals surface area contributed by atoms with E-state index in [0.717, 1.165) is 17.7 Å². The Morgan fingerprint density at radius 2 is 1.83 bits per heavy atom. The Morgan fingerprint density at radius 1 is 1.00 bits per heavy atom. The van der Waals surface area contributed by atoms with Crippen molar-refractivity contribution in [3.63, 3.8) is 0 Å². The summed E-state index contributed by atoms with van der Waals surface area (Å²) in [5.41, 5.74) is 1.60. The molecule has 2 aromatic heterocycles. The fourth-order valence-electron chi connectivity index (χ4n) is 2.90. The predicted molar refractivity (Wildman–Crippen MR) is 108 cm³/mol. The van der Waals surface area contributed by atoms with Gasteiger partial charge in [-0.1, -0.05) is 30.3 Å². The topological polar surface area (TPSA) is 84.2 Å². The lowest BCUT2D eigenvalue weighted by Crippen LogP contribution is -2.14. The van der Waals surface area contributed by atoms with Crippen molar-refractivity contribution in [3.8, 4) is 0 Å². The van der Waals surface area contributed by atoms with E-state index in [1.54, 1.807) is 16.6 Å². The average Bonchev–Trinajstić information content (AvgIpc) is 3.16. The molecule has 4 rings (SSSR count). The number of carbonyl (C=O) groups excluding carboxylic acids is 1. The maximum atomic E-state index is 13.7. The molecule has 0 bridgehead atoms. The fourth-order valence-corrected chi connectivity index (χ4v) is 2.90. The van der Waals surface area contributed by atoms with Gasteiger partial charge in [0.25, 0.3) is 0 Å². The van der Waals surface area contributed by atoms with Crippen LogP contribution >= 0.6 is 0 Å². The molecule has 30 heavy (non-hydrogen) atoms. The highest BCUT2D eigenvalue weighted by molar-refractivity contribution is 5.90. The molecule has 1 amide bonds. The lowest BCUT2D eigenvalue weighted by atomic mass is 10.2. The maximum Gasteiger partial charge on any atom is 0.224 e. The summed E-state index contributed by atoms with van der Waals surface area (Å²) in [7, 11) is 0. The zero-order valence-electron chi connectivity index (χ0n) is 15.8. The third kappa shape index (κ3) is 4.57. The number of nitrogens with zero attached hydrogens (tertiary/aromatic N) is 4. The molecule has 0 fully saturated rings. The van der Waals surface area contributed by atoms with Crippen LogP contribution in [0.2, 0.25) is 0 Å². The van der Waals surface area contributed by atoms with Crippen LogP contribution in [-0.4, -0.2) is 25.7 Å². The molecular weight excluding hydrogens is 390 g/mol. The minimum Gasteiger partial charge on any atom is -0.365 e. The van der Waals surface area contributed by atoms with Crippen molar-refractivity contribution in [1.29, 1.82) is 0 Å². The number of hydrogen-bond donors (Lipinski definition) is 2. The molecule has 0 saturated heterocycles. The first kappa shape index (κ1) is 19.4. The Balaban J connectivity index is 1.40. The van der Waals surface area contributed by atoms with Crippen molar-refractivity contribution in [2.24, 2.45) is 0 Å². The number of aryl methyl sites for hydroxylation is 1. The van der Waals surface area contributed by atoms with Crippen molar-refractivity contribution in [2.45, 2.75) is 19.4 Å². The van der Waals surface area contributed by atoms with Gasteiger partial charge in [0.2, 0.25) is 5.91 Å². The van der Waals surface area contributed by atoms with E-state index in [9.17, 15) is 13.6 Å². The second-order valence-corrected chi connectivity index (χ2v) is 6.62. The molecule has 2 aromatic carbocycles. The first-order valence-corrected chi connectivity index (χ1v) is 9.32. The third-order valence-corrected chi connectivity index (χ3v) is 4.42. The van der Waals surface area contributed by atoms with Crippen molar-refractivity contribution >= 4 is 23.1 Å². The molecule has 0 aliphatic rings. The largest absolute Gasteiger partial charge is 0.365 e. The maximum absolute atomic E-state index is 13.7. The van der Waals surface area contributed by atoms with E-state index in [1.165, 1.54) is 6.07 Å². The van der Waals surface area contributed by atoms with Crippen LogP contribution in [-0.2, 0) is 17.8 Å². The van der Waals surface area contributed by atoms with Crippen LogP contribution in [0, 0.1) is 11.6 Å². The van der Waals surface area contributed by atoms with Crippen LogP contribution in [0.4, 0.5) is 20.3 Å². The van der Waals surface area contributed by atoms with Gasteiger partial charge in [0, 0.05) is 25.5 Å². The Kier molecular flexibility index (Phi) is 5.60. The summed E-state index contributed by atoms with van der Waals surface area (Å²) in [5.74, 6) is -0.806. The van der Waals surface area contributed by atoms with Gasteiger partial charge in [0.05, 0.1) is 5.69 Å². The fraction of sp³-hybridized carbons (Fsp3) is 0.143. The van der Waals surface area contributed by atoms with E-state index in [1.807, 2.05) is 30.3 Å². The number of fused-ring (bicyclic) bond motifs is 1. The minimum absolute atomic E-state index is 0.0426. The van der Waals surface area contributed by atoms with E-state index in [-0.39, 0.29) is 18.5 Å². The zero-order valence-corrected chi connectivity index (χ0v) is 15.8. The molecule has 0 saturated carbocycles. The van der Waals surface area contributed by atoms with Gasteiger partial charge in [-0.15, -0.1) is 15.3 Å². The number of rotatable bonds is 7. The van der Waals surface area contributed by atoms with Crippen molar-refractivity contribution in [1.82, 2.24) is 19.8 Å². The van der Waals surface area contributed by atoms with Crippen LogP contribution in [0.5, 0.6) is 0 Å². The molecule has 4 aromatic rings. The number of anilines is 2. The van der Waals surface area contributed by atoms with Gasteiger partial charge in [-0.3, -0.25) is 4.79 Å². The number of carbonyl (C=O) groups is 1. The van der Waals surface area contributed by atoms with Crippen molar-refractivity contribution in [2.75, 3.05) is 10.6 Å². The van der Waals surface area contributed by atoms with Crippen molar-refractivity contribution in [3.05, 3.63) is 83.7 Å². The lowest BCUT2D eigenvalue weighted by molar-refractivity contribution is -0.116. The molecule has 9 heteroatoms. The Morgan fingerprint density at radius 3 is 2.63 bits per heavy atom. The highest BCUT2D eigenvalue weighted by Gasteiger charge is 2.12. The number of hydrogen-bond acceptors (Lipinski definition) is 5. The van der Waals surface area contributed by atoms with E-state index >= 15 is 0 Å². The third-order valence-electron chi connectivity index (χ3n) is 4.42. The second-order valence-electron chi connectivity index (χ2n) is 6.62. The molecule has 2 N–H and O–H groups in total. The van der Waals surface area contributed by atoms with Crippen LogP contribution in [0.3, 0.4) is 0 Å². The highest BCUT2D eigenvalue weighted by Crippen LogP contribution is 2.16. The Hall–Kier alpha value is -3.88. The van der Waals surface area contributed by atoms with Gasteiger partial charge in [0.15, 0.2) is 11.5 Å². The van der Waals surface area contributed by atoms with Gasteiger partial charge in [-0.05, 0) is 29.8 Å². The molecule has 7 nitrogen and oxygen atoms in total. The normalized spacial score (nSPS) is 10.9. The van der Waals surface area contributed by atoms with E-state index < -0.39 is 17.5 Å². The van der Waals surface area contributed by atoms with Crippen LogP contribution in [0.25, 0.3) is 5.65 Å². The number of nitrogens with one attached hydrogen (secondary N) is 2. The molecule has 0 radical (unpaired) electrons. The number of benzene rings is 2. The Bertz CT molecular complexity index is 1180. The molecule has 0 aliphatic carbocycles. The van der Waals surface area contributed by atoms with Gasteiger partial charge in [-0.25, -0.2) is 8.78 Å². The van der Waals surface area contributed by atoms with E-state index in [0.29, 0.717) is 23.8 Å². The van der Waals surface area contributed by atoms with Gasteiger partial charge in [0.1, 0.15) is 17.5 Å². The van der Waals surface area contributed by atoms with Gasteiger partial charge in [-0.2, -0.15) is 4.52 Å². The lowest BCUT2D eigenvalue weighted by Gasteiger charge is -2.07. The first-order valence-electron chi connectivity index (χ1n) is 9.32. The summed E-state index contributed by atoms with van der Waals surface area (Å²) < 4.78 is 28.2. The molecule has 2 heterocycles. The van der Waals surface area contributed by atoms with Gasteiger partial charge >= 0.3 is 0 Å². The van der Waals surface area contributed by atoms with Gasteiger partial charge < -0.3 is 10.6 Å². The molecule has 0 atom stereocenters. The van der Waals surface area contributed by atoms with E-state index in [4.69, 9.17) is 0 Å². The molecule has 0 unspecified atom stereocenters. The molecule has 0 aliphatic heterocycles. The number of aromatic nitrogens is 4. The van der Waals surface area contributed by atoms with Crippen LogP contribution in [0.1, 0.15) is 17.8 Å². The smallest absolute Gasteiger partial charge is 0.224 e. The van der Waals surface area contributed by atoms with Crippen LogP contribution < -0.4 is 10.6 Å².